The maximum atomic E-state index is 12.7. The van der Waals surface area contributed by atoms with Gasteiger partial charge in [0, 0.05) is 25.2 Å². The standard InChI is InChI=1S/C16H21N5O3S/c1-25(23,24)19-9-13-3-2-8-20(10-13)16(22)14-4-6-15(7-5-14)21-12-17-11-18-21/h4-7,11-13,19H,2-3,8-10H2,1H3/t13-/m0/s1. The Hall–Kier alpha value is -2.26. The molecule has 1 fully saturated rings. The molecule has 0 spiro atoms. The number of hydrogen-bond acceptors (Lipinski definition) is 5. The maximum absolute atomic E-state index is 12.7. The Balaban J connectivity index is 1.64. The van der Waals surface area contributed by atoms with Crippen molar-refractivity contribution in [1.29, 1.82) is 0 Å². The Bertz CT molecular complexity index is 818. The lowest BCUT2D eigenvalue weighted by atomic mass is 9.97. The fraction of sp³-hybridized carbons (Fsp3) is 0.438. The van der Waals surface area contributed by atoms with E-state index in [-0.39, 0.29) is 11.8 Å². The normalized spacial score (nSPS) is 18.3. The highest BCUT2D eigenvalue weighted by molar-refractivity contribution is 7.88. The molecule has 0 unspecified atom stereocenters. The van der Waals surface area contributed by atoms with Crippen molar-refractivity contribution in [3.05, 3.63) is 42.5 Å². The molecule has 3 rings (SSSR count). The highest BCUT2D eigenvalue weighted by Crippen LogP contribution is 2.19. The van der Waals surface area contributed by atoms with Crippen LogP contribution in [-0.4, -0.2) is 59.9 Å². The molecule has 2 aromatic rings. The van der Waals surface area contributed by atoms with E-state index in [1.54, 1.807) is 28.0 Å². The van der Waals surface area contributed by atoms with E-state index in [0.29, 0.717) is 25.2 Å². The minimum Gasteiger partial charge on any atom is -0.338 e. The Morgan fingerprint density at radius 3 is 2.72 bits per heavy atom. The van der Waals surface area contributed by atoms with Gasteiger partial charge in [0.15, 0.2) is 0 Å². The van der Waals surface area contributed by atoms with Gasteiger partial charge in [0.25, 0.3) is 5.91 Å². The number of hydrogen-bond donors (Lipinski definition) is 1. The van der Waals surface area contributed by atoms with Crippen LogP contribution in [0.25, 0.3) is 5.69 Å². The zero-order chi connectivity index (χ0) is 17.9. The number of piperidine rings is 1. The van der Waals surface area contributed by atoms with Crippen LogP contribution in [0.5, 0.6) is 0 Å². The van der Waals surface area contributed by atoms with Gasteiger partial charge in [-0.25, -0.2) is 22.8 Å². The molecule has 0 bridgehead atoms. The molecule has 0 radical (unpaired) electrons. The lowest BCUT2D eigenvalue weighted by molar-refractivity contribution is 0.0676. The molecule has 134 valence electrons. The number of likely N-dealkylation sites (tertiary alicyclic amines) is 1. The van der Waals surface area contributed by atoms with Crippen molar-refractivity contribution in [2.24, 2.45) is 5.92 Å². The molecule has 1 N–H and O–H groups in total. The zero-order valence-electron chi connectivity index (χ0n) is 14.0. The van der Waals surface area contributed by atoms with E-state index in [1.807, 2.05) is 12.1 Å². The van der Waals surface area contributed by atoms with Gasteiger partial charge in [0.1, 0.15) is 12.7 Å². The molecular formula is C16H21N5O3S. The summed E-state index contributed by atoms with van der Waals surface area (Å²) in [6.07, 6.45) is 5.99. The summed E-state index contributed by atoms with van der Waals surface area (Å²) in [6, 6.07) is 7.21. The molecule has 0 saturated carbocycles. The highest BCUT2D eigenvalue weighted by atomic mass is 32.2. The second-order valence-electron chi connectivity index (χ2n) is 6.27. The summed E-state index contributed by atoms with van der Waals surface area (Å²) in [4.78, 5) is 18.4. The van der Waals surface area contributed by atoms with Gasteiger partial charge >= 0.3 is 0 Å². The smallest absolute Gasteiger partial charge is 0.253 e. The summed E-state index contributed by atoms with van der Waals surface area (Å²) in [7, 11) is -3.21. The van der Waals surface area contributed by atoms with E-state index < -0.39 is 10.0 Å². The number of carbonyl (C=O) groups is 1. The molecule has 1 atom stereocenters. The largest absolute Gasteiger partial charge is 0.338 e. The number of rotatable bonds is 5. The van der Waals surface area contributed by atoms with E-state index in [9.17, 15) is 13.2 Å². The van der Waals surface area contributed by atoms with Gasteiger partial charge in [-0.15, -0.1) is 0 Å². The number of aromatic nitrogens is 3. The number of benzene rings is 1. The van der Waals surface area contributed by atoms with Crippen LogP contribution < -0.4 is 4.72 Å². The summed E-state index contributed by atoms with van der Waals surface area (Å²) in [5, 5.41) is 4.06. The topological polar surface area (TPSA) is 97.2 Å². The first-order chi connectivity index (χ1) is 11.9. The van der Waals surface area contributed by atoms with Crippen LogP contribution >= 0.6 is 0 Å². The van der Waals surface area contributed by atoms with Gasteiger partial charge in [-0.2, -0.15) is 5.10 Å². The van der Waals surface area contributed by atoms with Crippen LogP contribution in [0.1, 0.15) is 23.2 Å². The Labute approximate surface area is 146 Å². The van der Waals surface area contributed by atoms with E-state index in [2.05, 4.69) is 14.8 Å². The van der Waals surface area contributed by atoms with E-state index in [0.717, 1.165) is 24.8 Å². The fourth-order valence-electron chi connectivity index (χ4n) is 2.97. The molecule has 1 amide bonds. The molecular weight excluding hydrogens is 342 g/mol. The lowest BCUT2D eigenvalue weighted by Gasteiger charge is -2.32. The average molecular weight is 363 g/mol. The molecule has 0 aliphatic carbocycles. The monoisotopic (exact) mass is 363 g/mol. The molecule has 2 heterocycles. The third-order valence-electron chi connectivity index (χ3n) is 4.24. The summed E-state index contributed by atoms with van der Waals surface area (Å²) in [6.45, 7) is 1.62. The summed E-state index contributed by atoms with van der Waals surface area (Å²) in [5.74, 6) is 0.107. The molecule has 25 heavy (non-hydrogen) atoms. The average Bonchev–Trinajstić information content (AvgIpc) is 3.14. The SMILES string of the molecule is CS(=O)(=O)NC[C@@H]1CCCN(C(=O)c2ccc(-n3cncn3)cc2)C1. The molecule has 1 aromatic heterocycles. The minimum absolute atomic E-state index is 0.0332. The molecule has 1 aliphatic heterocycles. The first-order valence-corrected chi connectivity index (χ1v) is 10.0. The van der Waals surface area contributed by atoms with Crippen molar-refractivity contribution in [2.75, 3.05) is 25.9 Å². The van der Waals surface area contributed by atoms with Crippen molar-refractivity contribution in [3.8, 4) is 5.69 Å². The Morgan fingerprint density at radius 2 is 2.08 bits per heavy atom. The summed E-state index contributed by atoms with van der Waals surface area (Å²) >= 11 is 0. The van der Waals surface area contributed by atoms with Crippen molar-refractivity contribution >= 4 is 15.9 Å². The van der Waals surface area contributed by atoms with Crippen LogP contribution in [0.3, 0.4) is 0 Å². The quantitative estimate of drug-likeness (QED) is 0.842. The van der Waals surface area contributed by atoms with Gasteiger partial charge < -0.3 is 4.90 Å². The van der Waals surface area contributed by atoms with Crippen molar-refractivity contribution in [2.45, 2.75) is 12.8 Å². The third kappa shape index (κ3) is 4.64. The predicted octanol–water partition coefficient (Wildman–Crippen LogP) is 0.669. The number of nitrogens with zero attached hydrogens (tertiary/aromatic N) is 4. The molecule has 1 aromatic carbocycles. The van der Waals surface area contributed by atoms with Crippen molar-refractivity contribution in [3.63, 3.8) is 0 Å². The minimum atomic E-state index is -3.21. The van der Waals surface area contributed by atoms with Crippen LogP contribution in [0.15, 0.2) is 36.9 Å². The number of amides is 1. The second-order valence-corrected chi connectivity index (χ2v) is 8.10. The maximum Gasteiger partial charge on any atom is 0.253 e. The molecule has 1 saturated heterocycles. The highest BCUT2D eigenvalue weighted by Gasteiger charge is 2.25. The fourth-order valence-corrected chi connectivity index (χ4v) is 3.50. The zero-order valence-corrected chi connectivity index (χ0v) is 14.8. The van der Waals surface area contributed by atoms with E-state index >= 15 is 0 Å². The number of sulfonamides is 1. The number of carbonyl (C=O) groups excluding carboxylic acids is 1. The van der Waals surface area contributed by atoms with Gasteiger partial charge in [0.2, 0.25) is 10.0 Å². The second kappa shape index (κ2) is 7.32. The third-order valence-corrected chi connectivity index (χ3v) is 4.93. The van der Waals surface area contributed by atoms with Gasteiger partial charge in [-0.3, -0.25) is 4.79 Å². The van der Waals surface area contributed by atoms with Crippen molar-refractivity contribution in [1.82, 2.24) is 24.4 Å². The molecule has 1 aliphatic rings. The lowest BCUT2D eigenvalue weighted by Crippen LogP contribution is -2.43. The number of nitrogens with one attached hydrogen (secondary N) is 1. The van der Waals surface area contributed by atoms with E-state index in [1.165, 1.54) is 6.33 Å². The Kier molecular flexibility index (Phi) is 5.14. The van der Waals surface area contributed by atoms with Gasteiger partial charge in [-0.05, 0) is 43.0 Å². The molecule has 9 heteroatoms. The predicted molar refractivity (Wildman–Crippen MR) is 92.8 cm³/mol. The first kappa shape index (κ1) is 17.6. The van der Waals surface area contributed by atoms with Crippen LogP contribution in [0.2, 0.25) is 0 Å². The van der Waals surface area contributed by atoms with Crippen LogP contribution in [-0.2, 0) is 10.0 Å². The van der Waals surface area contributed by atoms with Crippen LogP contribution in [0.4, 0.5) is 0 Å². The Morgan fingerprint density at radius 1 is 1.32 bits per heavy atom. The van der Waals surface area contributed by atoms with Gasteiger partial charge in [0.05, 0.1) is 11.9 Å². The van der Waals surface area contributed by atoms with Crippen molar-refractivity contribution < 1.29 is 13.2 Å². The van der Waals surface area contributed by atoms with Crippen LogP contribution in [0, 0.1) is 5.92 Å². The van der Waals surface area contributed by atoms with E-state index in [4.69, 9.17) is 0 Å². The summed E-state index contributed by atoms with van der Waals surface area (Å²) < 4.78 is 26.6. The van der Waals surface area contributed by atoms with Gasteiger partial charge in [-0.1, -0.05) is 0 Å². The first-order valence-electron chi connectivity index (χ1n) is 8.11. The summed E-state index contributed by atoms with van der Waals surface area (Å²) in [5.41, 5.74) is 1.45. The molecule has 8 nitrogen and oxygen atoms in total.